The molecular weight excluding hydrogens is 218 g/mol. The lowest BCUT2D eigenvalue weighted by Gasteiger charge is -2.24. The summed E-state index contributed by atoms with van der Waals surface area (Å²) in [7, 11) is -0.880. The van der Waals surface area contributed by atoms with Crippen LogP contribution in [0.3, 0.4) is 0 Å². The summed E-state index contributed by atoms with van der Waals surface area (Å²) in [5.74, 6) is 0. The predicted octanol–water partition coefficient (Wildman–Crippen LogP) is 2.70. The van der Waals surface area contributed by atoms with Crippen molar-refractivity contribution < 1.29 is 4.21 Å². The second kappa shape index (κ2) is 5.60. The minimum atomic E-state index is -0.880. The maximum atomic E-state index is 11.2. The zero-order valence-electron chi connectivity index (χ0n) is 10.5. The Kier molecular flexibility index (Phi) is 4.69. The number of rotatable bonds is 5. The largest absolute Gasteiger partial charge is 0.308 e. The molecule has 0 saturated heterocycles. The summed E-state index contributed by atoms with van der Waals surface area (Å²) in [6.07, 6.45) is 2.80. The van der Waals surface area contributed by atoms with Gasteiger partial charge in [-0.05, 0) is 38.0 Å². The van der Waals surface area contributed by atoms with Crippen LogP contribution in [0.4, 0.5) is 0 Å². The van der Waals surface area contributed by atoms with Gasteiger partial charge in [-0.3, -0.25) is 4.21 Å². The first-order valence-corrected chi connectivity index (χ1v) is 7.18. The molecule has 1 N–H and O–H groups in total. The van der Waals surface area contributed by atoms with E-state index in [9.17, 15) is 4.21 Å². The number of nitrogens with one attached hydrogen (secondary N) is 1. The predicted molar refractivity (Wildman–Crippen MR) is 70.0 cm³/mol. The van der Waals surface area contributed by atoms with Crippen LogP contribution in [0.5, 0.6) is 0 Å². The van der Waals surface area contributed by atoms with Gasteiger partial charge >= 0.3 is 0 Å². The van der Waals surface area contributed by atoms with Crippen LogP contribution in [-0.2, 0) is 17.3 Å². The maximum Gasteiger partial charge on any atom is 0.0498 e. The molecule has 0 amide bonds. The van der Waals surface area contributed by atoms with E-state index in [0.29, 0.717) is 0 Å². The first kappa shape index (κ1) is 13.4. The normalized spacial score (nSPS) is 13.8. The number of hydrogen-bond donors (Lipinski definition) is 1. The van der Waals surface area contributed by atoms with Crippen LogP contribution in [0.1, 0.15) is 32.8 Å². The van der Waals surface area contributed by atoms with Gasteiger partial charge in [0, 0.05) is 34.0 Å². The van der Waals surface area contributed by atoms with Gasteiger partial charge in [-0.15, -0.1) is 0 Å². The molecule has 0 radical (unpaired) electrons. The van der Waals surface area contributed by atoms with Gasteiger partial charge in [-0.2, -0.15) is 0 Å². The van der Waals surface area contributed by atoms with E-state index in [1.165, 1.54) is 5.56 Å². The fourth-order valence-electron chi connectivity index (χ4n) is 1.27. The van der Waals surface area contributed by atoms with E-state index in [2.05, 4.69) is 26.1 Å². The molecule has 1 atom stereocenters. The Labute approximate surface area is 101 Å². The molecule has 1 aromatic rings. The van der Waals surface area contributed by atoms with E-state index in [1.54, 1.807) is 6.26 Å². The van der Waals surface area contributed by atoms with E-state index in [0.717, 1.165) is 17.9 Å². The Morgan fingerprint density at radius 1 is 1.25 bits per heavy atom. The van der Waals surface area contributed by atoms with Crippen molar-refractivity contribution in [2.24, 2.45) is 0 Å². The van der Waals surface area contributed by atoms with Gasteiger partial charge < -0.3 is 5.32 Å². The van der Waals surface area contributed by atoms with Crippen LogP contribution in [-0.4, -0.2) is 16.0 Å². The lowest BCUT2D eigenvalue weighted by atomic mass is 10.0. The summed E-state index contributed by atoms with van der Waals surface area (Å²) in [6.45, 7) is 7.43. The van der Waals surface area contributed by atoms with Crippen LogP contribution < -0.4 is 5.32 Å². The van der Waals surface area contributed by atoms with Gasteiger partial charge in [0.25, 0.3) is 0 Å². The standard InChI is InChI=1S/C13H21NOS/c1-5-13(2,3)14-10-11-6-8-12(9-7-11)16(4)15/h6-9,14H,5,10H2,1-4H3. The highest BCUT2D eigenvalue weighted by Crippen LogP contribution is 2.11. The van der Waals surface area contributed by atoms with Gasteiger partial charge in [0.05, 0.1) is 0 Å². The van der Waals surface area contributed by atoms with Crippen LogP contribution in [0, 0.1) is 0 Å². The molecule has 0 heterocycles. The van der Waals surface area contributed by atoms with Crippen molar-refractivity contribution in [3.05, 3.63) is 29.8 Å². The molecule has 0 aliphatic heterocycles. The molecule has 0 aliphatic rings. The van der Waals surface area contributed by atoms with Crippen LogP contribution in [0.2, 0.25) is 0 Å². The second-order valence-electron chi connectivity index (χ2n) is 4.69. The zero-order valence-corrected chi connectivity index (χ0v) is 11.4. The summed E-state index contributed by atoms with van der Waals surface area (Å²) >= 11 is 0. The fourth-order valence-corrected chi connectivity index (χ4v) is 1.78. The smallest absolute Gasteiger partial charge is 0.0498 e. The van der Waals surface area contributed by atoms with E-state index in [4.69, 9.17) is 0 Å². The third-order valence-corrected chi connectivity index (χ3v) is 3.85. The zero-order chi connectivity index (χ0) is 12.2. The van der Waals surface area contributed by atoms with Crippen LogP contribution in [0.25, 0.3) is 0 Å². The lowest BCUT2D eigenvalue weighted by Crippen LogP contribution is -2.37. The Morgan fingerprint density at radius 2 is 1.81 bits per heavy atom. The second-order valence-corrected chi connectivity index (χ2v) is 6.07. The number of hydrogen-bond acceptors (Lipinski definition) is 2. The highest BCUT2D eigenvalue weighted by molar-refractivity contribution is 7.84. The molecule has 1 unspecified atom stereocenters. The Bertz CT molecular complexity index is 357. The average molecular weight is 239 g/mol. The highest BCUT2D eigenvalue weighted by Gasteiger charge is 2.13. The summed E-state index contributed by atoms with van der Waals surface area (Å²) in [6, 6.07) is 7.95. The van der Waals surface area contributed by atoms with Gasteiger partial charge in [0.1, 0.15) is 0 Å². The van der Waals surface area contributed by atoms with Crippen molar-refractivity contribution in [2.75, 3.05) is 6.26 Å². The Morgan fingerprint density at radius 3 is 2.25 bits per heavy atom. The molecule has 0 aromatic heterocycles. The topological polar surface area (TPSA) is 29.1 Å². The molecular formula is C13H21NOS. The van der Waals surface area contributed by atoms with Crippen molar-refractivity contribution in [3.8, 4) is 0 Å². The molecule has 0 saturated carbocycles. The van der Waals surface area contributed by atoms with E-state index in [-0.39, 0.29) is 5.54 Å². The van der Waals surface area contributed by atoms with E-state index < -0.39 is 10.8 Å². The van der Waals surface area contributed by atoms with Crippen LogP contribution in [0.15, 0.2) is 29.2 Å². The molecule has 0 fully saturated rings. The summed E-state index contributed by atoms with van der Waals surface area (Å²) in [4.78, 5) is 0.888. The molecule has 16 heavy (non-hydrogen) atoms. The van der Waals surface area contributed by atoms with Gasteiger partial charge in [-0.1, -0.05) is 19.1 Å². The van der Waals surface area contributed by atoms with E-state index >= 15 is 0 Å². The first-order chi connectivity index (χ1) is 7.44. The summed E-state index contributed by atoms with van der Waals surface area (Å²) in [5.41, 5.74) is 1.41. The molecule has 3 heteroatoms. The van der Waals surface area contributed by atoms with Gasteiger partial charge in [0.2, 0.25) is 0 Å². The summed E-state index contributed by atoms with van der Waals surface area (Å²) < 4.78 is 11.2. The minimum Gasteiger partial charge on any atom is -0.308 e. The van der Waals surface area contributed by atoms with Gasteiger partial charge in [-0.25, -0.2) is 0 Å². The van der Waals surface area contributed by atoms with Crippen molar-refractivity contribution in [1.29, 1.82) is 0 Å². The quantitative estimate of drug-likeness (QED) is 0.856. The fraction of sp³-hybridized carbons (Fsp3) is 0.538. The average Bonchev–Trinajstić information content (AvgIpc) is 2.27. The molecule has 90 valence electrons. The van der Waals surface area contributed by atoms with Crippen molar-refractivity contribution in [2.45, 2.75) is 44.2 Å². The van der Waals surface area contributed by atoms with E-state index in [1.807, 2.05) is 24.3 Å². The highest BCUT2D eigenvalue weighted by atomic mass is 32.2. The maximum absolute atomic E-state index is 11.2. The minimum absolute atomic E-state index is 0.173. The van der Waals surface area contributed by atoms with Gasteiger partial charge in [0.15, 0.2) is 0 Å². The molecule has 0 spiro atoms. The third kappa shape index (κ3) is 4.06. The molecule has 0 bridgehead atoms. The summed E-state index contributed by atoms with van der Waals surface area (Å²) in [5, 5.41) is 3.50. The monoisotopic (exact) mass is 239 g/mol. The number of benzene rings is 1. The van der Waals surface area contributed by atoms with Crippen molar-refractivity contribution in [3.63, 3.8) is 0 Å². The third-order valence-electron chi connectivity index (χ3n) is 2.91. The Hall–Kier alpha value is -0.670. The SMILES string of the molecule is CCC(C)(C)NCc1ccc(S(C)=O)cc1. The Balaban J connectivity index is 2.59. The molecule has 0 aliphatic carbocycles. The lowest BCUT2D eigenvalue weighted by molar-refractivity contribution is 0.374. The van der Waals surface area contributed by atoms with Crippen molar-refractivity contribution >= 4 is 10.8 Å². The van der Waals surface area contributed by atoms with Crippen LogP contribution >= 0.6 is 0 Å². The molecule has 1 aromatic carbocycles. The van der Waals surface area contributed by atoms with Crippen molar-refractivity contribution in [1.82, 2.24) is 5.32 Å². The molecule has 1 rings (SSSR count). The first-order valence-electron chi connectivity index (χ1n) is 5.62. The molecule has 2 nitrogen and oxygen atoms in total.